The second-order valence-corrected chi connectivity index (χ2v) is 7.67. The van der Waals surface area contributed by atoms with Crippen molar-refractivity contribution in [3.8, 4) is 5.75 Å². The Hall–Kier alpha value is -2.49. The molecule has 0 spiro atoms. The molecule has 0 radical (unpaired) electrons. The molecule has 10 heteroatoms. The summed E-state index contributed by atoms with van der Waals surface area (Å²) in [5.41, 5.74) is 0.414. The lowest BCUT2D eigenvalue weighted by atomic mass is 10.1. The Balaban J connectivity index is 2.29. The van der Waals surface area contributed by atoms with Crippen molar-refractivity contribution in [1.82, 2.24) is 10.6 Å². The van der Waals surface area contributed by atoms with Crippen molar-refractivity contribution in [1.29, 1.82) is 0 Å². The van der Waals surface area contributed by atoms with Crippen LogP contribution in [-0.2, 0) is 14.8 Å². The van der Waals surface area contributed by atoms with Crippen LogP contribution in [0.4, 0.5) is 10.5 Å². The lowest BCUT2D eigenvalue weighted by Crippen LogP contribution is -2.32. The molecular weight excluding hydrogens is 362 g/mol. The molecule has 1 rings (SSSR count). The number of rotatable bonds is 11. The second kappa shape index (κ2) is 10.5. The highest BCUT2D eigenvalue weighted by Gasteiger charge is 2.12. The average molecular weight is 387 g/mol. The molecule has 1 atom stereocenters. The highest BCUT2D eigenvalue weighted by atomic mass is 32.2. The predicted octanol–water partition coefficient (Wildman–Crippen LogP) is 1.24. The number of carbonyl (C=O) groups is 2. The Bertz CT molecular complexity index is 690. The fourth-order valence-corrected chi connectivity index (χ4v) is 3.01. The molecule has 0 fully saturated rings. The van der Waals surface area contributed by atoms with Crippen LogP contribution in [0, 0.1) is 5.92 Å². The van der Waals surface area contributed by atoms with E-state index >= 15 is 0 Å². The monoisotopic (exact) mass is 387 g/mol. The minimum Gasteiger partial charge on any atom is -0.497 e. The van der Waals surface area contributed by atoms with Crippen LogP contribution in [0.15, 0.2) is 24.3 Å². The molecule has 146 valence electrons. The van der Waals surface area contributed by atoms with Gasteiger partial charge in [-0.2, -0.15) is 0 Å². The van der Waals surface area contributed by atoms with Gasteiger partial charge < -0.3 is 20.5 Å². The molecular formula is C16H25N3O6S. The van der Waals surface area contributed by atoms with Gasteiger partial charge in [0.2, 0.25) is 15.9 Å². The van der Waals surface area contributed by atoms with Gasteiger partial charge in [-0.3, -0.25) is 9.52 Å². The fourth-order valence-electron chi connectivity index (χ4n) is 2.04. The van der Waals surface area contributed by atoms with Crippen molar-refractivity contribution in [3.63, 3.8) is 0 Å². The van der Waals surface area contributed by atoms with E-state index < -0.39 is 16.1 Å². The summed E-state index contributed by atoms with van der Waals surface area (Å²) in [5.74, 6) is 0.109. The van der Waals surface area contributed by atoms with E-state index in [1.54, 1.807) is 24.3 Å². The van der Waals surface area contributed by atoms with E-state index in [9.17, 15) is 18.0 Å². The Morgan fingerprint density at radius 2 is 1.85 bits per heavy atom. The van der Waals surface area contributed by atoms with Crippen LogP contribution < -0.4 is 20.1 Å². The standard InChI is InChI=1S/C16H25N3O6S/c1-12(11-18-16(21)22)3-8-15(20)17-9-10-26(23,24)19-13-4-6-14(25-2)7-5-13/h4-7,12,18-19H,3,8-11H2,1-2H3,(H,17,20)(H,21,22). The Kier molecular flexibility index (Phi) is 8.70. The minimum atomic E-state index is -3.58. The van der Waals surface area contributed by atoms with Crippen LogP contribution >= 0.6 is 0 Å². The summed E-state index contributed by atoms with van der Waals surface area (Å²) in [6.45, 7) is 2.08. The van der Waals surface area contributed by atoms with Crippen LogP contribution in [0.3, 0.4) is 0 Å². The minimum absolute atomic E-state index is 0.00786. The third-order valence-corrected chi connectivity index (χ3v) is 4.81. The number of sulfonamides is 1. The number of benzene rings is 1. The van der Waals surface area contributed by atoms with Gasteiger partial charge in [0.05, 0.1) is 12.9 Å². The topological polar surface area (TPSA) is 134 Å². The number of ether oxygens (including phenoxy) is 1. The molecule has 0 saturated heterocycles. The lowest BCUT2D eigenvalue weighted by Gasteiger charge is -2.12. The lowest BCUT2D eigenvalue weighted by molar-refractivity contribution is -0.121. The third-order valence-electron chi connectivity index (χ3n) is 3.52. The van der Waals surface area contributed by atoms with Gasteiger partial charge in [0.15, 0.2) is 0 Å². The van der Waals surface area contributed by atoms with Crippen LogP contribution in [0.5, 0.6) is 5.75 Å². The first kappa shape index (κ1) is 21.6. The van der Waals surface area contributed by atoms with Crippen molar-refractivity contribution < 1.29 is 27.9 Å². The highest BCUT2D eigenvalue weighted by molar-refractivity contribution is 7.92. The second-order valence-electron chi connectivity index (χ2n) is 5.83. The van der Waals surface area contributed by atoms with Gasteiger partial charge >= 0.3 is 6.09 Å². The number of anilines is 1. The first-order valence-electron chi connectivity index (χ1n) is 8.10. The molecule has 0 aliphatic heterocycles. The molecule has 0 aromatic heterocycles. The summed E-state index contributed by atoms with van der Waals surface area (Å²) in [4.78, 5) is 22.1. The molecule has 0 bridgehead atoms. The molecule has 1 aromatic carbocycles. The number of nitrogens with one attached hydrogen (secondary N) is 3. The fraction of sp³-hybridized carbons (Fsp3) is 0.500. The molecule has 26 heavy (non-hydrogen) atoms. The van der Waals surface area contributed by atoms with Crippen molar-refractivity contribution in [2.24, 2.45) is 5.92 Å². The van der Waals surface area contributed by atoms with E-state index in [0.717, 1.165) is 0 Å². The number of methoxy groups -OCH3 is 1. The summed E-state index contributed by atoms with van der Waals surface area (Å²) < 4.78 is 31.4. The Morgan fingerprint density at radius 3 is 2.42 bits per heavy atom. The molecule has 0 aliphatic carbocycles. The molecule has 0 aliphatic rings. The van der Waals surface area contributed by atoms with Gasteiger partial charge in [-0.15, -0.1) is 0 Å². The average Bonchev–Trinajstić information content (AvgIpc) is 2.58. The van der Waals surface area contributed by atoms with Crippen LogP contribution in [-0.4, -0.2) is 51.5 Å². The molecule has 4 N–H and O–H groups in total. The van der Waals surface area contributed by atoms with Gasteiger partial charge in [-0.25, -0.2) is 13.2 Å². The van der Waals surface area contributed by atoms with Gasteiger partial charge in [-0.05, 0) is 36.6 Å². The van der Waals surface area contributed by atoms with Gasteiger partial charge in [-0.1, -0.05) is 6.92 Å². The summed E-state index contributed by atoms with van der Waals surface area (Å²) in [7, 11) is -2.06. The normalized spacial score (nSPS) is 12.1. The Labute approximate surface area is 153 Å². The van der Waals surface area contributed by atoms with E-state index in [2.05, 4.69) is 15.4 Å². The van der Waals surface area contributed by atoms with Crippen molar-refractivity contribution in [2.75, 3.05) is 30.7 Å². The molecule has 1 aromatic rings. The number of hydrogen-bond acceptors (Lipinski definition) is 5. The number of amides is 2. The molecule has 1 unspecified atom stereocenters. The quantitative estimate of drug-likeness (QED) is 0.451. The number of hydrogen-bond donors (Lipinski definition) is 4. The third kappa shape index (κ3) is 9.11. The SMILES string of the molecule is COc1ccc(NS(=O)(=O)CCNC(=O)CCC(C)CNC(=O)O)cc1. The van der Waals surface area contributed by atoms with E-state index in [-0.39, 0.29) is 37.1 Å². The van der Waals surface area contributed by atoms with Crippen LogP contribution in [0.2, 0.25) is 0 Å². The molecule has 9 nitrogen and oxygen atoms in total. The first-order valence-corrected chi connectivity index (χ1v) is 9.75. The maximum atomic E-state index is 12.0. The smallest absolute Gasteiger partial charge is 0.404 e. The van der Waals surface area contributed by atoms with Crippen molar-refractivity contribution in [3.05, 3.63) is 24.3 Å². The largest absolute Gasteiger partial charge is 0.497 e. The summed E-state index contributed by atoms with van der Waals surface area (Å²) >= 11 is 0. The van der Waals surface area contributed by atoms with Crippen molar-refractivity contribution >= 4 is 27.7 Å². The maximum absolute atomic E-state index is 12.0. The zero-order valence-corrected chi connectivity index (χ0v) is 15.6. The number of carboxylic acid groups (broad SMARTS) is 1. The van der Waals surface area contributed by atoms with E-state index in [1.807, 2.05) is 6.92 Å². The predicted molar refractivity (Wildman–Crippen MR) is 97.8 cm³/mol. The zero-order valence-electron chi connectivity index (χ0n) is 14.8. The van der Waals surface area contributed by atoms with Gasteiger partial charge in [0.25, 0.3) is 0 Å². The number of carbonyl (C=O) groups excluding carboxylic acids is 1. The van der Waals surface area contributed by atoms with Crippen molar-refractivity contribution in [2.45, 2.75) is 19.8 Å². The summed E-state index contributed by atoms with van der Waals surface area (Å²) in [6, 6.07) is 6.45. The summed E-state index contributed by atoms with van der Waals surface area (Å²) in [6.07, 6.45) is -0.395. The van der Waals surface area contributed by atoms with Gasteiger partial charge in [0.1, 0.15) is 5.75 Å². The highest BCUT2D eigenvalue weighted by Crippen LogP contribution is 2.16. The molecule has 0 heterocycles. The summed E-state index contributed by atoms with van der Waals surface area (Å²) in [5, 5.41) is 13.3. The first-order chi connectivity index (χ1) is 12.2. The van der Waals surface area contributed by atoms with Crippen LogP contribution in [0.25, 0.3) is 0 Å². The van der Waals surface area contributed by atoms with Crippen LogP contribution in [0.1, 0.15) is 19.8 Å². The van der Waals surface area contributed by atoms with Gasteiger partial charge in [0, 0.05) is 25.2 Å². The van der Waals surface area contributed by atoms with E-state index in [1.165, 1.54) is 7.11 Å². The molecule has 2 amide bonds. The van der Waals surface area contributed by atoms with E-state index in [0.29, 0.717) is 17.9 Å². The zero-order chi connectivity index (χ0) is 19.6. The molecule has 0 saturated carbocycles. The van der Waals surface area contributed by atoms with E-state index in [4.69, 9.17) is 9.84 Å². The Morgan fingerprint density at radius 1 is 1.19 bits per heavy atom. The maximum Gasteiger partial charge on any atom is 0.404 e.